The minimum atomic E-state index is -3.60. The molecule has 0 saturated heterocycles. The van der Waals surface area contributed by atoms with Crippen molar-refractivity contribution in [2.24, 2.45) is 0 Å². The molecular weight excluding hydrogens is 322 g/mol. The number of hydrogen-bond acceptors (Lipinski definition) is 6. The number of ether oxygens (including phenoxy) is 3. The minimum Gasteiger partial charge on any atom is -0.493 e. The minimum absolute atomic E-state index is 0.115. The molecule has 23 heavy (non-hydrogen) atoms. The van der Waals surface area contributed by atoms with Gasteiger partial charge in [0.1, 0.15) is 0 Å². The molecule has 1 aromatic rings. The monoisotopic (exact) mass is 345 g/mol. The number of rotatable bonds is 10. The molecule has 0 bridgehead atoms. The molecule has 0 unspecified atom stereocenters. The number of carbonyl (C=O) groups is 1. The van der Waals surface area contributed by atoms with Gasteiger partial charge in [0, 0.05) is 19.0 Å². The molecule has 0 saturated carbocycles. The molecular formula is C15H23NO6S. The first-order valence-corrected chi connectivity index (χ1v) is 8.71. The first-order chi connectivity index (χ1) is 10.9. The molecule has 0 aliphatic rings. The molecule has 1 aromatic carbocycles. The Morgan fingerprint density at radius 1 is 1.04 bits per heavy atom. The van der Waals surface area contributed by atoms with Crippen molar-refractivity contribution in [2.75, 3.05) is 27.9 Å². The van der Waals surface area contributed by atoms with E-state index in [1.807, 2.05) is 0 Å². The summed E-state index contributed by atoms with van der Waals surface area (Å²) in [6.07, 6.45) is 2.40. The Morgan fingerprint density at radius 3 is 2.35 bits per heavy atom. The Kier molecular flexibility index (Phi) is 7.84. The molecule has 130 valence electrons. The van der Waals surface area contributed by atoms with E-state index in [4.69, 9.17) is 9.47 Å². The van der Waals surface area contributed by atoms with E-state index in [9.17, 15) is 13.2 Å². The van der Waals surface area contributed by atoms with Crippen LogP contribution in [0.2, 0.25) is 0 Å². The van der Waals surface area contributed by atoms with Crippen LogP contribution in [0.15, 0.2) is 23.1 Å². The normalized spacial score (nSPS) is 11.1. The van der Waals surface area contributed by atoms with Crippen LogP contribution in [0.4, 0.5) is 0 Å². The maximum absolute atomic E-state index is 12.2. The SMILES string of the molecule is COC(=O)CCCCCNS(=O)(=O)c1ccc(OC)c(OC)c1. The zero-order chi connectivity index (χ0) is 17.3. The molecule has 0 spiro atoms. The standard InChI is InChI=1S/C15H23NO6S/c1-20-13-9-8-12(11-14(13)21-2)23(18,19)16-10-6-4-5-7-15(17)22-3/h8-9,11,16H,4-7,10H2,1-3H3. The zero-order valence-corrected chi connectivity index (χ0v) is 14.4. The van der Waals surface area contributed by atoms with Gasteiger partial charge in [0.15, 0.2) is 11.5 Å². The number of benzene rings is 1. The van der Waals surface area contributed by atoms with Crippen LogP contribution in [-0.2, 0) is 19.6 Å². The predicted octanol–water partition coefficient (Wildman–Crippen LogP) is 1.72. The zero-order valence-electron chi connectivity index (χ0n) is 13.6. The van der Waals surface area contributed by atoms with E-state index in [0.717, 1.165) is 6.42 Å². The lowest BCUT2D eigenvalue weighted by Gasteiger charge is -2.11. The summed E-state index contributed by atoms with van der Waals surface area (Å²) in [6, 6.07) is 4.42. The van der Waals surface area contributed by atoms with Gasteiger partial charge in [-0.2, -0.15) is 0 Å². The summed E-state index contributed by atoms with van der Waals surface area (Å²) in [4.78, 5) is 11.1. The average molecular weight is 345 g/mol. The van der Waals surface area contributed by atoms with Gasteiger partial charge in [-0.05, 0) is 25.0 Å². The highest BCUT2D eigenvalue weighted by atomic mass is 32.2. The van der Waals surface area contributed by atoms with Gasteiger partial charge in [0.05, 0.1) is 26.2 Å². The fourth-order valence-electron chi connectivity index (χ4n) is 1.95. The van der Waals surface area contributed by atoms with Crippen LogP contribution < -0.4 is 14.2 Å². The lowest BCUT2D eigenvalue weighted by molar-refractivity contribution is -0.140. The second-order valence-corrected chi connectivity index (χ2v) is 6.57. The predicted molar refractivity (Wildman–Crippen MR) is 85.2 cm³/mol. The van der Waals surface area contributed by atoms with Crippen molar-refractivity contribution in [3.8, 4) is 11.5 Å². The third kappa shape index (κ3) is 6.07. The van der Waals surface area contributed by atoms with Crippen molar-refractivity contribution in [1.29, 1.82) is 0 Å². The number of unbranched alkanes of at least 4 members (excludes halogenated alkanes) is 2. The highest BCUT2D eigenvalue weighted by molar-refractivity contribution is 7.89. The highest BCUT2D eigenvalue weighted by Crippen LogP contribution is 2.29. The Balaban J connectivity index is 2.51. The van der Waals surface area contributed by atoms with Crippen LogP contribution in [0.25, 0.3) is 0 Å². The molecule has 0 aromatic heterocycles. The second-order valence-electron chi connectivity index (χ2n) is 4.80. The van der Waals surface area contributed by atoms with Crippen molar-refractivity contribution < 1.29 is 27.4 Å². The largest absolute Gasteiger partial charge is 0.493 e. The molecule has 1 N–H and O–H groups in total. The van der Waals surface area contributed by atoms with Gasteiger partial charge in [-0.1, -0.05) is 6.42 Å². The van der Waals surface area contributed by atoms with Gasteiger partial charge in [0.2, 0.25) is 10.0 Å². The van der Waals surface area contributed by atoms with Crippen LogP contribution >= 0.6 is 0 Å². The van der Waals surface area contributed by atoms with E-state index in [1.54, 1.807) is 6.07 Å². The number of hydrogen-bond donors (Lipinski definition) is 1. The van der Waals surface area contributed by atoms with E-state index in [1.165, 1.54) is 33.5 Å². The van der Waals surface area contributed by atoms with Gasteiger partial charge < -0.3 is 14.2 Å². The van der Waals surface area contributed by atoms with Gasteiger partial charge in [-0.25, -0.2) is 13.1 Å². The van der Waals surface area contributed by atoms with Crippen molar-refractivity contribution in [1.82, 2.24) is 4.72 Å². The molecule has 1 rings (SSSR count). The third-order valence-corrected chi connectivity index (χ3v) is 4.70. The summed E-state index contributed by atoms with van der Waals surface area (Å²) >= 11 is 0. The average Bonchev–Trinajstić information content (AvgIpc) is 2.56. The lowest BCUT2D eigenvalue weighted by Crippen LogP contribution is -2.24. The summed E-state index contributed by atoms with van der Waals surface area (Å²) in [5.41, 5.74) is 0. The van der Waals surface area contributed by atoms with Gasteiger partial charge in [-0.15, -0.1) is 0 Å². The van der Waals surface area contributed by atoms with Crippen molar-refractivity contribution in [2.45, 2.75) is 30.6 Å². The Morgan fingerprint density at radius 2 is 1.74 bits per heavy atom. The summed E-state index contributed by atoms with van der Waals surface area (Å²) in [6.45, 7) is 0.303. The van der Waals surface area contributed by atoms with E-state index >= 15 is 0 Å². The maximum atomic E-state index is 12.2. The third-order valence-electron chi connectivity index (χ3n) is 3.24. The quantitative estimate of drug-likeness (QED) is 0.513. The van der Waals surface area contributed by atoms with Gasteiger partial charge in [-0.3, -0.25) is 4.79 Å². The van der Waals surface area contributed by atoms with Crippen LogP contribution in [0.5, 0.6) is 11.5 Å². The van der Waals surface area contributed by atoms with E-state index < -0.39 is 10.0 Å². The Hall–Kier alpha value is -1.80. The summed E-state index contributed by atoms with van der Waals surface area (Å²) < 4.78 is 41.7. The smallest absolute Gasteiger partial charge is 0.305 e. The fraction of sp³-hybridized carbons (Fsp3) is 0.533. The maximum Gasteiger partial charge on any atom is 0.305 e. The number of sulfonamides is 1. The number of nitrogens with one attached hydrogen (secondary N) is 1. The molecule has 0 amide bonds. The fourth-order valence-corrected chi connectivity index (χ4v) is 3.04. The molecule has 0 atom stereocenters. The van der Waals surface area contributed by atoms with Gasteiger partial charge in [0.25, 0.3) is 0 Å². The molecule has 7 nitrogen and oxygen atoms in total. The number of methoxy groups -OCH3 is 3. The summed E-state index contributed by atoms with van der Waals surface area (Å²) in [5.74, 6) is 0.568. The molecule has 0 aliphatic carbocycles. The van der Waals surface area contributed by atoms with Crippen molar-refractivity contribution in [3.63, 3.8) is 0 Å². The van der Waals surface area contributed by atoms with Crippen LogP contribution in [0, 0.1) is 0 Å². The Bertz CT molecular complexity index is 614. The van der Waals surface area contributed by atoms with Crippen molar-refractivity contribution >= 4 is 16.0 Å². The number of esters is 1. The van der Waals surface area contributed by atoms with E-state index in [-0.39, 0.29) is 10.9 Å². The van der Waals surface area contributed by atoms with E-state index in [2.05, 4.69) is 9.46 Å². The molecule has 0 fully saturated rings. The topological polar surface area (TPSA) is 90.9 Å². The highest BCUT2D eigenvalue weighted by Gasteiger charge is 2.16. The molecule has 0 aliphatic heterocycles. The molecule has 0 radical (unpaired) electrons. The molecule has 0 heterocycles. The first-order valence-electron chi connectivity index (χ1n) is 7.23. The number of carbonyl (C=O) groups excluding carboxylic acids is 1. The van der Waals surface area contributed by atoms with Gasteiger partial charge >= 0.3 is 5.97 Å². The van der Waals surface area contributed by atoms with Crippen LogP contribution in [0.1, 0.15) is 25.7 Å². The van der Waals surface area contributed by atoms with Crippen molar-refractivity contribution in [3.05, 3.63) is 18.2 Å². The molecule has 8 heteroatoms. The summed E-state index contributed by atoms with van der Waals surface area (Å²) in [5, 5.41) is 0. The van der Waals surface area contributed by atoms with E-state index in [0.29, 0.717) is 37.3 Å². The Labute approximate surface area is 137 Å². The first kappa shape index (κ1) is 19.2. The van der Waals surface area contributed by atoms with Crippen LogP contribution in [0.3, 0.4) is 0 Å². The summed E-state index contributed by atoms with van der Waals surface area (Å²) in [7, 11) is 0.676. The van der Waals surface area contributed by atoms with Crippen LogP contribution in [-0.4, -0.2) is 42.3 Å². The second kappa shape index (κ2) is 9.36. The lowest BCUT2D eigenvalue weighted by atomic mass is 10.2.